The number of nitrogens with two attached hydrogens (primary N) is 1. The summed E-state index contributed by atoms with van der Waals surface area (Å²) in [7, 11) is 0. The molecule has 28 heavy (non-hydrogen) atoms. The first-order chi connectivity index (χ1) is 13.6. The Balaban J connectivity index is 1.41. The third-order valence-electron chi connectivity index (χ3n) is 4.70. The monoisotopic (exact) mass is 395 g/mol. The van der Waals surface area contributed by atoms with Crippen LogP contribution in [0.4, 0.5) is 5.95 Å². The number of aromatic nitrogens is 3. The Morgan fingerprint density at radius 2 is 2.25 bits per heavy atom. The first-order valence-corrected chi connectivity index (χ1v) is 9.96. The van der Waals surface area contributed by atoms with Gasteiger partial charge in [0.25, 0.3) is 5.91 Å². The summed E-state index contributed by atoms with van der Waals surface area (Å²) >= 11 is 1.40. The molecule has 3 N–H and O–H groups in total. The second-order valence-electron chi connectivity index (χ2n) is 6.69. The van der Waals surface area contributed by atoms with Gasteiger partial charge in [-0.2, -0.15) is 0 Å². The largest absolute Gasteiger partial charge is 0.371 e. The highest BCUT2D eigenvalue weighted by Gasteiger charge is 2.22. The zero-order chi connectivity index (χ0) is 19.5. The molecule has 1 aliphatic rings. The van der Waals surface area contributed by atoms with Crippen LogP contribution >= 0.6 is 11.3 Å². The Hall–Kier alpha value is -2.84. The van der Waals surface area contributed by atoms with Crippen LogP contribution < -0.4 is 11.1 Å². The summed E-state index contributed by atoms with van der Waals surface area (Å²) in [6.07, 6.45) is 5.33. The van der Waals surface area contributed by atoms with Gasteiger partial charge < -0.3 is 15.8 Å². The summed E-state index contributed by atoms with van der Waals surface area (Å²) in [6, 6.07) is 7.82. The number of anilines is 1. The molecule has 0 bridgehead atoms. The normalized spacial score (nSPS) is 16.2. The molecule has 1 amide bonds. The van der Waals surface area contributed by atoms with Gasteiger partial charge in [-0.1, -0.05) is 12.1 Å². The maximum Gasteiger partial charge on any atom is 0.263 e. The van der Waals surface area contributed by atoms with Crippen molar-refractivity contribution in [3.05, 3.63) is 57.7 Å². The minimum atomic E-state index is -0.117. The molecule has 1 aromatic carbocycles. The molecule has 1 unspecified atom stereocenters. The Morgan fingerprint density at radius 1 is 1.36 bits per heavy atom. The summed E-state index contributed by atoms with van der Waals surface area (Å²) in [5, 5.41) is 3.86. The number of thiazole rings is 1. The smallest absolute Gasteiger partial charge is 0.263 e. The molecule has 4 rings (SSSR count). The van der Waals surface area contributed by atoms with Crippen molar-refractivity contribution in [3.8, 4) is 11.3 Å². The Kier molecular flexibility index (Phi) is 5.31. The lowest BCUT2D eigenvalue weighted by Gasteiger charge is -2.09. The Morgan fingerprint density at radius 3 is 3.00 bits per heavy atom. The van der Waals surface area contributed by atoms with E-state index in [4.69, 9.17) is 10.5 Å². The molecule has 0 saturated carbocycles. The predicted octanol–water partition coefficient (Wildman–Crippen LogP) is 3.27. The quantitative estimate of drug-likeness (QED) is 0.687. The van der Waals surface area contributed by atoms with E-state index < -0.39 is 0 Å². The molecule has 7 nitrogen and oxygen atoms in total. The number of aryl methyl sites for hydroxylation is 1. The van der Waals surface area contributed by atoms with E-state index in [1.54, 1.807) is 12.4 Å². The first kappa shape index (κ1) is 18.5. The van der Waals surface area contributed by atoms with Crippen LogP contribution in [-0.2, 0) is 11.3 Å². The molecule has 0 spiro atoms. The van der Waals surface area contributed by atoms with Gasteiger partial charge in [0, 0.05) is 24.9 Å². The molecule has 1 saturated heterocycles. The van der Waals surface area contributed by atoms with Crippen molar-refractivity contribution < 1.29 is 9.53 Å². The van der Waals surface area contributed by atoms with Crippen LogP contribution in [0, 0.1) is 6.92 Å². The van der Waals surface area contributed by atoms with E-state index in [1.807, 2.05) is 31.2 Å². The first-order valence-electron chi connectivity index (χ1n) is 9.14. The number of ether oxygens (including phenoxy) is 1. The summed E-state index contributed by atoms with van der Waals surface area (Å²) in [6.45, 7) is 3.23. The van der Waals surface area contributed by atoms with Gasteiger partial charge in [-0.25, -0.2) is 15.0 Å². The number of benzene rings is 1. The second-order valence-corrected chi connectivity index (χ2v) is 7.75. The Labute approximate surface area is 167 Å². The van der Waals surface area contributed by atoms with Gasteiger partial charge in [0.15, 0.2) is 0 Å². The highest BCUT2D eigenvalue weighted by atomic mass is 32.1. The minimum Gasteiger partial charge on any atom is -0.371 e. The van der Waals surface area contributed by atoms with Crippen molar-refractivity contribution in [2.24, 2.45) is 0 Å². The van der Waals surface area contributed by atoms with Crippen molar-refractivity contribution in [1.82, 2.24) is 20.3 Å². The number of nitrogens with zero attached hydrogens (tertiary/aromatic N) is 3. The molecule has 3 heterocycles. The third kappa shape index (κ3) is 4.02. The van der Waals surface area contributed by atoms with Crippen LogP contribution in [0.25, 0.3) is 11.3 Å². The van der Waals surface area contributed by atoms with Crippen molar-refractivity contribution in [1.29, 1.82) is 0 Å². The van der Waals surface area contributed by atoms with Gasteiger partial charge in [-0.05, 0) is 43.0 Å². The third-order valence-corrected chi connectivity index (χ3v) is 5.79. The van der Waals surface area contributed by atoms with E-state index in [2.05, 4.69) is 20.3 Å². The second kappa shape index (κ2) is 8.04. The highest BCUT2D eigenvalue weighted by molar-refractivity contribution is 7.13. The summed E-state index contributed by atoms with van der Waals surface area (Å²) in [5.74, 6) is 0.132. The topological polar surface area (TPSA) is 103 Å². The molecule has 1 atom stereocenters. The number of rotatable bonds is 5. The van der Waals surface area contributed by atoms with Gasteiger partial charge in [-0.3, -0.25) is 4.79 Å². The number of nitrogen functional groups attached to an aromatic ring is 1. The molecule has 1 aliphatic heterocycles. The summed E-state index contributed by atoms with van der Waals surface area (Å²) < 4.78 is 5.63. The van der Waals surface area contributed by atoms with E-state index in [0.29, 0.717) is 11.4 Å². The van der Waals surface area contributed by atoms with Crippen molar-refractivity contribution in [2.45, 2.75) is 32.4 Å². The summed E-state index contributed by atoms with van der Waals surface area (Å²) in [5.41, 5.74) is 9.51. The molecule has 0 aliphatic carbocycles. The number of hydrogen-bond donors (Lipinski definition) is 2. The van der Waals surface area contributed by atoms with E-state index in [0.717, 1.165) is 46.8 Å². The molecule has 0 radical (unpaired) electrons. The Bertz CT molecular complexity index is 998. The van der Waals surface area contributed by atoms with E-state index in [-0.39, 0.29) is 18.0 Å². The van der Waals surface area contributed by atoms with Crippen LogP contribution in [0.2, 0.25) is 0 Å². The van der Waals surface area contributed by atoms with Crippen molar-refractivity contribution >= 4 is 23.2 Å². The predicted molar refractivity (Wildman–Crippen MR) is 108 cm³/mol. The van der Waals surface area contributed by atoms with Gasteiger partial charge in [0.1, 0.15) is 16.0 Å². The van der Waals surface area contributed by atoms with Gasteiger partial charge >= 0.3 is 0 Å². The van der Waals surface area contributed by atoms with Gasteiger partial charge in [0.05, 0.1) is 11.9 Å². The van der Waals surface area contributed by atoms with Crippen LogP contribution in [-0.4, -0.2) is 27.5 Å². The highest BCUT2D eigenvalue weighted by Crippen LogP contribution is 2.31. The SMILES string of the molecule is Cc1cc(-c2ccnc(N)n2)ccc1CNC(=O)c1cnc(C2CCCO2)s1. The van der Waals surface area contributed by atoms with Crippen molar-refractivity contribution in [3.63, 3.8) is 0 Å². The van der Waals surface area contributed by atoms with E-state index in [1.165, 1.54) is 11.3 Å². The number of amides is 1. The number of hydrogen-bond acceptors (Lipinski definition) is 7. The molecule has 1 fully saturated rings. The maximum absolute atomic E-state index is 12.5. The maximum atomic E-state index is 12.5. The van der Waals surface area contributed by atoms with Crippen LogP contribution in [0.3, 0.4) is 0 Å². The average Bonchev–Trinajstić information content (AvgIpc) is 3.38. The standard InChI is InChI=1S/C20H21N5O2S/c1-12-9-13(15-6-7-22-20(21)25-15)4-5-14(12)10-23-18(26)17-11-24-19(28-17)16-3-2-8-27-16/h4-7,9,11,16H,2-3,8,10H2,1H3,(H,23,26)(H2,21,22,25). The molecular formula is C20H21N5O2S. The molecule has 2 aromatic heterocycles. The molecule has 8 heteroatoms. The fourth-order valence-corrected chi connectivity index (χ4v) is 4.08. The van der Waals surface area contributed by atoms with Gasteiger partial charge in [0.2, 0.25) is 5.95 Å². The van der Waals surface area contributed by atoms with E-state index >= 15 is 0 Å². The zero-order valence-electron chi connectivity index (χ0n) is 15.5. The number of carbonyl (C=O) groups is 1. The van der Waals surface area contributed by atoms with Crippen LogP contribution in [0.1, 0.15) is 44.8 Å². The van der Waals surface area contributed by atoms with E-state index in [9.17, 15) is 4.79 Å². The molecule has 144 valence electrons. The fraction of sp³-hybridized carbons (Fsp3) is 0.300. The lowest BCUT2D eigenvalue weighted by atomic mass is 10.0. The van der Waals surface area contributed by atoms with Gasteiger partial charge in [-0.15, -0.1) is 11.3 Å². The van der Waals surface area contributed by atoms with Crippen LogP contribution in [0.15, 0.2) is 36.7 Å². The lowest BCUT2D eigenvalue weighted by molar-refractivity contribution is 0.0954. The summed E-state index contributed by atoms with van der Waals surface area (Å²) in [4.78, 5) is 25.6. The fourth-order valence-electron chi connectivity index (χ4n) is 3.16. The molecular weight excluding hydrogens is 374 g/mol. The lowest BCUT2D eigenvalue weighted by Crippen LogP contribution is -2.22. The number of carbonyl (C=O) groups excluding carboxylic acids is 1. The number of nitrogens with one attached hydrogen (secondary N) is 1. The van der Waals surface area contributed by atoms with Crippen molar-refractivity contribution in [2.75, 3.05) is 12.3 Å². The minimum absolute atomic E-state index is 0.0390. The van der Waals surface area contributed by atoms with Crippen LogP contribution in [0.5, 0.6) is 0 Å². The average molecular weight is 395 g/mol. The molecule has 3 aromatic rings. The zero-order valence-corrected chi connectivity index (χ0v) is 16.3.